The highest BCUT2D eigenvalue weighted by Gasteiger charge is 2.33. The fourth-order valence-corrected chi connectivity index (χ4v) is 2.48. The molecule has 0 aliphatic carbocycles. The predicted octanol–water partition coefficient (Wildman–Crippen LogP) is 1.74. The third kappa shape index (κ3) is 4.28. The normalized spacial score (nSPS) is 18.4. The van der Waals surface area contributed by atoms with Crippen LogP contribution >= 0.6 is 0 Å². The van der Waals surface area contributed by atoms with Gasteiger partial charge in [-0.25, -0.2) is 4.39 Å². The van der Waals surface area contributed by atoms with E-state index in [1.807, 2.05) is 13.8 Å². The van der Waals surface area contributed by atoms with Crippen molar-refractivity contribution in [2.45, 2.75) is 32.7 Å². The van der Waals surface area contributed by atoms with Crippen molar-refractivity contribution in [3.05, 3.63) is 35.6 Å². The van der Waals surface area contributed by atoms with Crippen LogP contribution in [0.3, 0.4) is 0 Å². The molecule has 1 aromatic carbocycles. The van der Waals surface area contributed by atoms with E-state index in [9.17, 15) is 14.0 Å². The van der Waals surface area contributed by atoms with Crippen molar-refractivity contribution >= 4 is 11.8 Å². The van der Waals surface area contributed by atoms with Crippen molar-refractivity contribution in [1.82, 2.24) is 10.2 Å². The van der Waals surface area contributed by atoms with Gasteiger partial charge in [-0.05, 0) is 38.0 Å². The zero-order chi connectivity index (χ0) is 15.4. The van der Waals surface area contributed by atoms with Gasteiger partial charge in [0.2, 0.25) is 11.8 Å². The maximum Gasteiger partial charge on any atom is 0.225 e. The van der Waals surface area contributed by atoms with E-state index in [2.05, 4.69) is 5.32 Å². The molecule has 1 atom stereocenters. The molecule has 2 rings (SSSR count). The number of amides is 2. The van der Waals surface area contributed by atoms with Gasteiger partial charge in [-0.2, -0.15) is 0 Å². The molecule has 1 aliphatic heterocycles. The summed E-state index contributed by atoms with van der Waals surface area (Å²) in [7, 11) is 0. The Morgan fingerprint density at radius 1 is 1.38 bits per heavy atom. The predicted molar refractivity (Wildman–Crippen MR) is 78.1 cm³/mol. The number of hydrogen-bond acceptors (Lipinski definition) is 2. The standard InChI is InChI=1S/C16H21FN2O2/c1-11(2)18-16(21)13-9-15(20)19(10-13)8-7-12-3-5-14(17)6-4-12/h3-6,11,13H,7-10H2,1-2H3,(H,18,21)/t13-/m1/s1. The Bertz CT molecular complexity index is 514. The molecular formula is C16H21FN2O2. The molecule has 1 N–H and O–H groups in total. The van der Waals surface area contributed by atoms with Gasteiger partial charge in [0.1, 0.15) is 5.82 Å². The van der Waals surface area contributed by atoms with Gasteiger partial charge in [0.25, 0.3) is 0 Å². The summed E-state index contributed by atoms with van der Waals surface area (Å²) in [4.78, 5) is 25.6. The Hall–Kier alpha value is -1.91. The van der Waals surface area contributed by atoms with Gasteiger partial charge in [0, 0.05) is 25.6 Å². The van der Waals surface area contributed by atoms with E-state index in [0.717, 1.165) is 5.56 Å². The quantitative estimate of drug-likeness (QED) is 0.898. The minimum atomic E-state index is -0.263. The number of carbonyl (C=O) groups excluding carboxylic acids is 2. The molecular weight excluding hydrogens is 271 g/mol. The lowest BCUT2D eigenvalue weighted by molar-refractivity contribution is -0.129. The van der Waals surface area contributed by atoms with Crippen LogP contribution in [-0.4, -0.2) is 35.8 Å². The van der Waals surface area contributed by atoms with Crippen LogP contribution in [-0.2, 0) is 16.0 Å². The second kappa shape index (κ2) is 6.70. The Balaban J connectivity index is 1.86. The van der Waals surface area contributed by atoms with Crippen LogP contribution in [0.2, 0.25) is 0 Å². The molecule has 114 valence electrons. The third-order valence-electron chi connectivity index (χ3n) is 3.60. The van der Waals surface area contributed by atoms with E-state index >= 15 is 0 Å². The molecule has 21 heavy (non-hydrogen) atoms. The first-order valence-electron chi connectivity index (χ1n) is 7.28. The molecule has 0 radical (unpaired) electrons. The Kier molecular flexibility index (Phi) is 4.94. The fourth-order valence-electron chi connectivity index (χ4n) is 2.48. The molecule has 0 spiro atoms. The maximum absolute atomic E-state index is 12.8. The summed E-state index contributed by atoms with van der Waals surface area (Å²) in [5.74, 6) is -0.557. The SMILES string of the molecule is CC(C)NC(=O)[C@@H]1CC(=O)N(CCc2ccc(F)cc2)C1. The monoisotopic (exact) mass is 292 g/mol. The molecule has 0 unspecified atom stereocenters. The summed E-state index contributed by atoms with van der Waals surface area (Å²) in [5.41, 5.74) is 0.985. The minimum absolute atomic E-state index is 0.0148. The van der Waals surface area contributed by atoms with Gasteiger partial charge in [-0.3, -0.25) is 9.59 Å². The Labute approximate surface area is 124 Å². The van der Waals surface area contributed by atoms with E-state index in [0.29, 0.717) is 19.5 Å². The van der Waals surface area contributed by atoms with Crippen molar-refractivity contribution < 1.29 is 14.0 Å². The molecule has 1 aliphatic rings. The third-order valence-corrected chi connectivity index (χ3v) is 3.60. The Morgan fingerprint density at radius 3 is 2.67 bits per heavy atom. The summed E-state index contributed by atoms with van der Waals surface area (Å²) in [6.07, 6.45) is 0.951. The highest BCUT2D eigenvalue weighted by molar-refractivity contribution is 5.89. The van der Waals surface area contributed by atoms with Crippen LogP contribution < -0.4 is 5.32 Å². The number of nitrogens with zero attached hydrogens (tertiary/aromatic N) is 1. The Morgan fingerprint density at radius 2 is 2.05 bits per heavy atom. The van der Waals surface area contributed by atoms with E-state index in [1.54, 1.807) is 17.0 Å². The summed E-state index contributed by atoms with van der Waals surface area (Å²) < 4.78 is 12.8. The summed E-state index contributed by atoms with van der Waals surface area (Å²) >= 11 is 0. The van der Waals surface area contributed by atoms with Crippen molar-refractivity contribution in [3.8, 4) is 0 Å². The molecule has 1 fully saturated rings. The van der Waals surface area contributed by atoms with Gasteiger partial charge < -0.3 is 10.2 Å². The zero-order valence-electron chi connectivity index (χ0n) is 12.4. The zero-order valence-corrected chi connectivity index (χ0v) is 12.4. The fraction of sp³-hybridized carbons (Fsp3) is 0.500. The second-order valence-corrected chi connectivity index (χ2v) is 5.78. The van der Waals surface area contributed by atoms with Crippen molar-refractivity contribution in [3.63, 3.8) is 0 Å². The van der Waals surface area contributed by atoms with Gasteiger partial charge in [-0.1, -0.05) is 12.1 Å². The van der Waals surface area contributed by atoms with Gasteiger partial charge in [0.05, 0.1) is 5.92 Å². The van der Waals surface area contributed by atoms with Gasteiger partial charge in [-0.15, -0.1) is 0 Å². The van der Waals surface area contributed by atoms with Crippen LogP contribution in [0.15, 0.2) is 24.3 Å². The van der Waals surface area contributed by atoms with Crippen LogP contribution in [0.5, 0.6) is 0 Å². The first-order chi connectivity index (χ1) is 9.95. The number of halogens is 1. The summed E-state index contributed by atoms with van der Waals surface area (Å²) in [6, 6.07) is 6.36. The van der Waals surface area contributed by atoms with Crippen molar-refractivity contribution in [1.29, 1.82) is 0 Å². The molecule has 0 aromatic heterocycles. The molecule has 0 bridgehead atoms. The topological polar surface area (TPSA) is 49.4 Å². The number of carbonyl (C=O) groups is 2. The molecule has 4 nitrogen and oxygen atoms in total. The average Bonchev–Trinajstić information content (AvgIpc) is 2.79. The van der Waals surface area contributed by atoms with Gasteiger partial charge in [0.15, 0.2) is 0 Å². The first-order valence-corrected chi connectivity index (χ1v) is 7.28. The highest BCUT2D eigenvalue weighted by atomic mass is 19.1. The number of benzene rings is 1. The molecule has 1 heterocycles. The van der Waals surface area contributed by atoms with Crippen LogP contribution in [0, 0.1) is 11.7 Å². The largest absolute Gasteiger partial charge is 0.354 e. The lowest BCUT2D eigenvalue weighted by atomic mass is 10.1. The number of likely N-dealkylation sites (tertiary alicyclic amines) is 1. The molecule has 1 aromatic rings. The van der Waals surface area contributed by atoms with E-state index < -0.39 is 0 Å². The summed E-state index contributed by atoms with van der Waals surface area (Å²) in [6.45, 7) is 4.84. The van der Waals surface area contributed by atoms with E-state index in [4.69, 9.17) is 0 Å². The molecule has 0 saturated carbocycles. The lowest BCUT2D eigenvalue weighted by Gasteiger charge is -2.17. The smallest absolute Gasteiger partial charge is 0.225 e. The van der Waals surface area contributed by atoms with Crippen molar-refractivity contribution in [2.24, 2.45) is 5.92 Å². The molecule has 2 amide bonds. The lowest BCUT2D eigenvalue weighted by Crippen LogP contribution is -2.37. The number of nitrogens with one attached hydrogen (secondary N) is 1. The summed E-state index contributed by atoms with van der Waals surface area (Å²) in [5, 5.41) is 2.85. The van der Waals surface area contributed by atoms with E-state index in [-0.39, 0.29) is 36.0 Å². The van der Waals surface area contributed by atoms with Crippen LogP contribution in [0.25, 0.3) is 0 Å². The molecule has 5 heteroatoms. The number of hydrogen-bond donors (Lipinski definition) is 1. The highest BCUT2D eigenvalue weighted by Crippen LogP contribution is 2.18. The first kappa shape index (κ1) is 15.5. The minimum Gasteiger partial charge on any atom is -0.354 e. The van der Waals surface area contributed by atoms with Crippen molar-refractivity contribution in [2.75, 3.05) is 13.1 Å². The van der Waals surface area contributed by atoms with E-state index in [1.165, 1.54) is 12.1 Å². The molecule has 1 saturated heterocycles. The van der Waals surface area contributed by atoms with Crippen LogP contribution in [0.1, 0.15) is 25.8 Å². The van der Waals surface area contributed by atoms with Crippen LogP contribution in [0.4, 0.5) is 4.39 Å². The average molecular weight is 292 g/mol. The second-order valence-electron chi connectivity index (χ2n) is 5.78. The maximum atomic E-state index is 12.8. The number of rotatable bonds is 5. The van der Waals surface area contributed by atoms with Gasteiger partial charge >= 0.3 is 0 Å².